The highest BCUT2D eigenvalue weighted by atomic mass is 32.2. The Balaban J connectivity index is 1.49. The fourth-order valence-electron chi connectivity index (χ4n) is 4.74. The molecule has 0 bridgehead atoms. The van der Waals surface area contributed by atoms with Gasteiger partial charge >= 0.3 is 0 Å². The minimum atomic E-state index is -3.68. The van der Waals surface area contributed by atoms with E-state index in [1.54, 1.807) is 34.8 Å². The highest BCUT2D eigenvalue weighted by Crippen LogP contribution is 2.29. The summed E-state index contributed by atoms with van der Waals surface area (Å²) in [4.78, 5) is 22.8. The fourth-order valence-corrected chi connectivity index (χ4v) is 6.24. The van der Waals surface area contributed by atoms with Crippen LogP contribution in [-0.4, -0.2) is 48.2 Å². The van der Waals surface area contributed by atoms with Gasteiger partial charge in [-0.15, -0.1) is 0 Å². The maximum Gasteiger partial charge on any atom is 0.252 e. The number of rotatable bonds is 7. The van der Waals surface area contributed by atoms with Crippen molar-refractivity contribution in [1.29, 1.82) is 0 Å². The number of hydrogen-bond donors (Lipinski definition) is 1. The number of piperidine rings is 1. The topological polar surface area (TPSA) is 92.3 Å². The van der Waals surface area contributed by atoms with Crippen LogP contribution < -0.4 is 5.32 Å². The monoisotopic (exact) mass is 528 g/mol. The summed E-state index contributed by atoms with van der Waals surface area (Å²) in [5, 5.41) is 3.52. The first-order chi connectivity index (χ1) is 18.3. The molecule has 1 aliphatic heterocycles. The zero-order valence-electron chi connectivity index (χ0n) is 21.7. The molecule has 1 fully saturated rings. The van der Waals surface area contributed by atoms with Crippen molar-refractivity contribution in [2.75, 3.05) is 19.6 Å². The number of nitrogens with zero attached hydrogens (tertiary/aromatic N) is 3. The number of carbonyl (C=O) groups excluding carboxylic acids is 1. The van der Waals surface area contributed by atoms with Gasteiger partial charge in [-0.1, -0.05) is 42.8 Å². The maximum absolute atomic E-state index is 13.5. The first-order valence-corrected chi connectivity index (χ1v) is 14.5. The van der Waals surface area contributed by atoms with Crippen molar-refractivity contribution in [2.45, 2.75) is 38.0 Å². The van der Waals surface area contributed by atoms with E-state index in [-0.39, 0.29) is 10.8 Å². The van der Waals surface area contributed by atoms with Gasteiger partial charge in [0.05, 0.1) is 27.4 Å². The quantitative estimate of drug-likeness (QED) is 0.365. The van der Waals surface area contributed by atoms with Crippen LogP contribution in [0.25, 0.3) is 22.3 Å². The predicted octanol–water partition coefficient (Wildman–Crippen LogP) is 5.00. The number of carbonyl (C=O) groups is 1. The molecule has 0 radical (unpaired) electrons. The summed E-state index contributed by atoms with van der Waals surface area (Å²) in [7, 11) is -3.68. The van der Waals surface area contributed by atoms with Gasteiger partial charge in [0, 0.05) is 31.2 Å². The molecule has 0 aliphatic carbocycles. The normalized spacial score (nSPS) is 15.0. The second kappa shape index (κ2) is 11.0. The minimum Gasteiger partial charge on any atom is -0.352 e. The van der Waals surface area contributed by atoms with Gasteiger partial charge in [-0.3, -0.25) is 9.78 Å². The number of hydrogen-bond acceptors (Lipinski definition) is 5. The highest BCUT2D eigenvalue weighted by molar-refractivity contribution is 7.89. The summed E-state index contributed by atoms with van der Waals surface area (Å²) in [5.74, 6) is 0.241. The van der Waals surface area contributed by atoms with E-state index in [1.165, 1.54) is 5.56 Å². The summed E-state index contributed by atoms with van der Waals surface area (Å²) in [6, 6.07) is 20.3. The summed E-state index contributed by atoms with van der Waals surface area (Å²) in [6.07, 6.45) is 4.06. The zero-order valence-corrected chi connectivity index (χ0v) is 22.5. The highest BCUT2D eigenvalue weighted by Gasteiger charge is 2.29. The van der Waals surface area contributed by atoms with E-state index < -0.39 is 10.0 Å². The number of fused-ring (bicyclic) bond motifs is 1. The molecule has 1 amide bonds. The lowest BCUT2D eigenvalue weighted by atomic mass is 10.0. The lowest BCUT2D eigenvalue weighted by Gasteiger charge is -2.29. The van der Waals surface area contributed by atoms with Crippen molar-refractivity contribution < 1.29 is 13.2 Å². The van der Waals surface area contributed by atoms with Gasteiger partial charge in [-0.25, -0.2) is 13.4 Å². The van der Waals surface area contributed by atoms with Crippen molar-refractivity contribution in [3.05, 3.63) is 89.6 Å². The molecule has 4 aromatic rings. The van der Waals surface area contributed by atoms with Crippen molar-refractivity contribution in [3.8, 4) is 11.4 Å². The zero-order chi connectivity index (χ0) is 26.7. The lowest BCUT2D eigenvalue weighted by molar-refractivity contribution is 0.0955. The van der Waals surface area contributed by atoms with Gasteiger partial charge in [0.1, 0.15) is 0 Å². The molecule has 0 saturated carbocycles. The molecule has 3 heterocycles. The predicted molar refractivity (Wildman–Crippen MR) is 149 cm³/mol. The van der Waals surface area contributed by atoms with Crippen molar-refractivity contribution >= 4 is 26.8 Å². The van der Waals surface area contributed by atoms with Gasteiger partial charge in [0.25, 0.3) is 5.91 Å². The Morgan fingerprint density at radius 2 is 1.76 bits per heavy atom. The van der Waals surface area contributed by atoms with Crippen molar-refractivity contribution in [2.24, 2.45) is 5.92 Å². The third-order valence-corrected chi connectivity index (χ3v) is 9.05. The number of pyridine rings is 2. The second-order valence-corrected chi connectivity index (χ2v) is 12.0. The van der Waals surface area contributed by atoms with Gasteiger partial charge in [0.15, 0.2) is 0 Å². The molecule has 7 nitrogen and oxygen atoms in total. The average Bonchev–Trinajstić information content (AvgIpc) is 2.94. The van der Waals surface area contributed by atoms with E-state index in [4.69, 9.17) is 4.98 Å². The number of benzene rings is 2. The fraction of sp³-hybridized carbons (Fsp3) is 0.300. The third kappa shape index (κ3) is 5.61. The summed E-state index contributed by atoms with van der Waals surface area (Å²) < 4.78 is 28.5. The second-order valence-electron chi connectivity index (χ2n) is 10.0. The molecule has 0 unspecified atom stereocenters. The molecule has 1 aliphatic rings. The Morgan fingerprint density at radius 1 is 1.00 bits per heavy atom. The van der Waals surface area contributed by atoms with Crippen LogP contribution in [0.15, 0.2) is 77.8 Å². The molecule has 2 aromatic heterocycles. The van der Waals surface area contributed by atoms with E-state index in [9.17, 15) is 13.2 Å². The number of amides is 1. The van der Waals surface area contributed by atoms with E-state index in [2.05, 4.69) is 41.5 Å². The number of sulfonamides is 1. The van der Waals surface area contributed by atoms with Crippen LogP contribution in [0.2, 0.25) is 0 Å². The lowest BCUT2D eigenvalue weighted by Crippen LogP contribution is -2.37. The summed E-state index contributed by atoms with van der Waals surface area (Å²) >= 11 is 0. The summed E-state index contributed by atoms with van der Waals surface area (Å²) in [6.45, 7) is 5.65. The molecule has 0 spiro atoms. The number of aromatic nitrogens is 2. The van der Waals surface area contributed by atoms with Gasteiger partial charge in [0.2, 0.25) is 10.0 Å². The van der Waals surface area contributed by atoms with E-state index in [1.807, 2.05) is 25.1 Å². The molecule has 5 rings (SSSR count). The SMILES string of the molecule is Cc1ccc(CCNC(=O)c2cc(-c3ccccn3)nc3ccc(S(=O)(=O)N4CCC(C)CC4)cc23)cc1. The van der Waals surface area contributed by atoms with E-state index in [0.29, 0.717) is 59.8 Å². The Bertz CT molecular complexity index is 1550. The van der Waals surface area contributed by atoms with Crippen molar-refractivity contribution in [3.63, 3.8) is 0 Å². The van der Waals surface area contributed by atoms with Crippen molar-refractivity contribution in [1.82, 2.24) is 19.6 Å². The Kier molecular flexibility index (Phi) is 7.53. The summed E-state index contributed by atoms with van der Waals surface area (Å²) in [5.41, 5.74) is 4.44. The third-order valence-electron chi connectivity index (χ3n) is 7.15. The van der Waals surface area contributed by atoms with Crippen LogP contribution in [-0.2, 0) is 16.4 Å². The first kappa shape index (κ1) is 26.0. The smallest absolute Gasteiger partial charge is 0.252 e. The molecule has 38 heavy (non-hydrogen) atoms. The molecular formula is C30H32N4O3S. The molecule has 196 valence electrons. The van der Waals surface area contributed by atoms with Gasteiger partial charge in [-0.05, 0) is 74.1 Å². The molecule has 1 N–H and O–H groups in total. The van der Waals surface area contributed by atoms with E-state index in [0.717, 1.165) is 18.4 Å². The standard InChI is InChI=1S/C30H32N4O3S/c1-21-6-8-23(9-7-21)12-16-32-30(35)26-20-29(28-5-3-4-15-31-28)33-27-11-10-24(19-25(26)27)38(36,37)34-17-13-22(2)14-18-34/h3-11,15,19-20,22H,12-14,16-18H2,1-2H3,(H,32,35). The Morgan fingerprint density at radius 3 is 2.47 bits per heavy atom. The maximum atomic E-state index is 13.5. The Hall–Kier alpha value is -3.62. The van der Waals surface area contributed by atoms with Gasteiger partial charge in [-0.2, -0.15) is 4.31 Å². The number of nitrogens with one attached hydrogen (secondary N) is 1. The van der Waals surface area contributed by atoms with E-state index >= 15 is 0 Å². The molecule has 2 aromatic carbocycles. The minimum absolute atomic E-state index is 0.181. The van der Waals surface area contributed by atoms with Crippen LogP contribution in [0.4, 0.5) is 0 Å². The molecule has 0 atom stereocenters. The molecule has 8 heteroatoms. The van der Waals surface area contributed by atoms with Crippen LogP contribution in [0.3, 0.4) is 0 Å². The average molecular weight is 529 g/mol. The van der Waals surface area contributed by atoms with Crippen LogP contribution >= 0.6 is 0 Å². The van der Waals surface area contributed by atoms with Crippen LogP contribution in [0.5, 0.6) is 0 Å². The first-order valence-electron chi connectivity index (χ1n) is 13.0. The largest absolute Gasteiger partial charge is 0.352 e. The van der Waals surface area contributed by atoms with Crippen LogP contribution in [0, 0.1) is 12.8 Å². The van der Waals surface area contributed by atoms with Crippen LogP contribution in [0.1, 0.15) is 41.3 Å². The number of aryl methyl sites for hydroxylation is 1. The Labute approximate surface area is 224 Å². The molecule has 1 saturated heterocycles. The van der Waals surface area contributed by atoms with Gasteiger partial charge < -0.3 is 5.32 Å². The molecular weight excluding hydrogens is 496 g/mol.